The number of nitrogens with two attached hydrogens (primary N) is 1. The van der Waals surface area contributed by atoms with Crippen LogP contribution in [-0.2, 0) is 4.79 Å². The van der Waals surface area contributed by atoms with Gasteiger partial charge in [-0.3, -0.25) is 9.69 Å². The average Bonchev–Trinajstić information content (AvgIpc) is 2.36. The fourth-order valence-electron chi connectivity index (χ4n) is 2.30. The van der Waals surface area contributed by atoms with Gasteiger partial charge in [0.1, 0.15) is 5.82 Å². The highest BCUT2D eigenvalue weighted by Crippen LogP contribution is 2.22. The Morgan fingerprint density at radius 3 is 2.75 bits per heavy atom. The van der Waals surface area contributed by atoms with Crippen LogP contribution in [0.2, 0.25) is 0 Å². The van der Waals surface area contributed by atoms with Crippen molar-refractivity contribution in [3.8, 4) is 0 Å². The number of carbonyl (C=O) groups excluding carboxylic acids is 1. The molecule has 0 spiro atoms. The van der Waals surface area contributed by atoms with Crippen molar-refractivity contribution in [3.63, 3.8) is 0 Å². The van der Waals surface area contributed by atoms with Crippen molar-refractivity contribution < 1.29 is 9.18 Å². The smallest absolute Gasteiger partial charge is 0.234 e. The summed E-state index contributed by atoms with van der Waals surface area (Å²) in [6.45, 7) is 4.76. The summed E-state index contributed by atoms with van der Waals surface area (Å²) < 4.78 is 13.3. The van der Waals surface area contributed by atoms with Gasteiger partial charge in [-0.1, -0.05) is 19.1 Å². The van der Waals surface area contributed by atoms with Gasteiger partial charge in [-0.2, -0.15) is 0 Å². The Morgan fingerprint density at radius 2 is 2.20 bits per heavy atom. The van der Waals surface area contributed by atoms with Crippen molar-refractivity contribution in [2.45, 2.75) is 32.4 Å². The second kappa shape index (κ2) is 7.97. The van der Waals surface area contributed by atoms with Gasteiger partial charge in [-0.15, -0.1) is 0 Å². The molecule has 1 aromatic rings. The van der Waals surface area contributed by atoms with Gasteiger partial charge in [-0.25, -0.2) is 4.39 Å². The maximum atomic E-state index is 13.3. The fraction of sp³-hybridized carbons (Fsp3) is 0.533. The largest absolute Gasteiger partial charge is 0.355 e. The van der Waals surface area contributed by atoms with Crippen LogP contribution in [0.3, 0.4) is 0 Å². The number of carbonyl (C=O) groups is 1. The van der Waals surface area contributed by atoms with Gasteiger partial charge in [0, 0.05) is 18.6 Å². The second-order valence-corrected chi connectivity index (χ2v) is 5.12. The van der Waals surface area contributed by atoms with E-state index in [0.717, 1.165) is 12.0 Å². The zero-order valence-corrected chi connectivity index (χ0v) is 12.4. The molecule has 0 saturated heterocycles. The fourth-order valence-corrected chi connectivity index (χ4v) is 2.30. The summed E-state index contributed by atoms with van der Waals surface area (Å²) >= 11 is 0. The summed E-state index contributed by atoms with van der Waals surface area (Å²) in [5.41, 5.74) is 6.78. The summed E-state index contributed by atoms with van der Waals surface area (Å²) in [7, 11) is 1.82. The molecule has 20 heavy (non-hydrogen) atoms. The number of halogens is 1. The Hall–Kier alpha value is -1.46. The van der Waals surface area contributed by atoms with E-state index >= 15 is 0 Å². The zero-order valence-electron chi connectivity index (χ0n) is 12.4. The van der Waals surface area contributed by atoms with Crippen LogP contribution < -0.4 is 11.1 Å². The number of nitrogens with zero attached hydrogens (tertiary/aromatic N) is 1. The molecule has 0 radical (unpaired) electrons. The number of rotatable bonds is 7. The minimum atomic E-state index is -0.294. The summed E-state index contributed by atoms with van der Waals surface area (Å²) in [5, 5.41) is 2.82. The second-order valence-electron chi connectivity index (χ2n) is 5.12. The van der Waals surface area contributed by atoms with Crippen molar-refractivity contribution in [1.29, 1.82) is 0 Å². The minimum absolute atomic E-state index is 0.0450. The van der Waals surface area contributed by atoms with Crippen LogP contribution in [0, 0.1) is 5.82 Å². The van der Waals surface area contributed by atoms with Crippen LogP contribution in [0.1, 0.15) is 31.9 Å². The van der Waals surface area contributed by atoms with E-state index in [0.29, 0.717) is 6.54 Å². The summed E-state index contributed by atoms with van der Waals surface area (Å²) in [6, 6.07) is 5.95. The maximum absolute atomic E-state index is 13.3. The Balaban J connectivity index is 2.78. The van der Waals surface area contributed by atoms with E-state index in [1.807, 2.05) is 31.9 Å². The third-order valence-electron chi connectivity index (χ3n) is 3.13. The van der Waals surface area contributed by atoms with Gasteiger partial charge in [0.25, 0.3) is 0 Å². The lowest BCUT2D eigenvalue weighted by atomic mass is 9.99. The molecule has 0 aromatic heterocycles. The molecule has 0 bridgehead atoms. The molecule has 3 N–H and O–H groups in total. The normalized spacial score (nSPS) is 14.1. The highest BCUT2D eigenvalue weighted by Gasteiger charge is 2.23. The van der Waals surface area contributed by atoms with E-state index < -0.39 is 0 Å². The van der Waals surface area contributed by atoms with E-state index in [9.17, 15) is 9.18 Å². The third-order valence-corrected chi connectivity index (χ3v) is 3.13. The van der Waals surface area contributed by atoms with E-state index in [1.165, 1.54) is 12.1 Å². The van der Waals surface area contributed by atoms with Gasteiger partial charge in [0.05, 0.1) is 6.54 Å². The molecule has 0 aliphatic rings. The highest BCUT2D eigenvalue weighted by atomic mass is 19.1. The number of hydrogen-bond acceptors (Lipinski definition) is 3. The standard InChI is InChI=1S/C15H24FN3O/c1-4-8-18-14(20)10-19(3)15(11(2)17)12-6-5-7-13(16)9-12/h5-7,9,11,15H,4,8,10,17H2,1-3H3,(H,18,20). The summed E-state index contributed by atoms with van der Waals surface area (Å²) in [4.78, 5) is 13.6. The van der Waals surface area contributed by atoms with Gasteiger partial charge < -0.3 is 11.1 Å². The molecule has 0 aliphatic heterocycles. The molecule has 2 unspecified atom stereocenters. The van der Waals surface area contributed by atoms with Gasteiger partial charge in [0.2, 0.25) is 5.91 Å². The molecule has 1 rings (SSSR count). The van der Waals surface area contributed by atoms with Crippen LogP contribution in [0.25, 0.3) is 0 Å². The molecule has 5 heteroatoms. The van der Waals surface area contributed by atoms with Crippen molar-refractivity contribution >= 4 is 5.91 Å². The number of hydrogen-bond donors (Lipinski definition) is 2. The highest BCUT2D eigenvalue weighted by molar-refractivity contribution is 5.78. The lowest BCUT2D eigenvalue weighted by molar-refractivity contribution is -0.122. The predicted molar refractivity (Wildman–Crippen MR) is 78.7 cm³/mol. The van der Waals surface area contributed by atoms with Crippen LogP contribution >= 0.6 is 0 Å². The molecular formula is C15H24FN3O. The molecule has 1 aromatic carbocycles. The molecular weight excluding hydrogens is 257 g/mol. The SMILES string of the molecule is CCCNC(=O)CN(C)C(c1cccc(F)c1)C(C)N. The minimum Gasteiger partial charge on any atom is -0.355 e. The number of benzene rings is 1. The van der Waals surface area contributed by atoms with Crippen molar-refractivity contribution in [3.05, 3.63) is 35.6 Å². The Kier molecular flexibility index (Phi) is 6.61. The lowest BCUT2D eigenvalue weighted by Gasteiger charge is -2.31. The van der Waals surface area contributed by atoms with Gasteiger partial charge in [0.15, 0.2) is 0 Å². The van der Waals surface area contributed by atoms with Crippen molar-refractivity contribution in [1.82, 2.24) is 10.2 Å². The average molecular weight is 281 g/mol. The van der Waals surface area contributed by atoms with E-state index in [4.69, 9.17) is 5.73 Å². The first-order valence-electron chi connectivity index (χ1n) is 6.93. The van der Waals surface area contributed by atoms with Crippen LogP contribution in [0.15, 0.2) is 24.3 Å². The predicted octanol–water partition coefficient (Wildman–Crippen LogP) is 1.67. The van der Waals surface area contributed by atoms with Crippen molar-refractivity contribution in [2.24, 2.45) is 5.73 Å². The number of likely N-dealkylation sites (N-methyl/N-ethyl adjacent to an activating group) is 1. The summed E-state index contributed by atoms with van der Waals surface area (Å²) in [6.07, 6.45) is 0.899. The molecule has 1 amide bonds. The first-order chi connectivity index (χ1) is 9.45. The molecule has 0 heterocycles. The van der Waals surface area contributed by atoms with Gasteiger partial charge >= 0.3 is 0 Å². The summed E-state index contributed by atoms with van der Waals surface area (Å²) in [5.74, 6) is -0.339. The molecule has 0 saturated carbocycles. The third kappa shape index (κ3) is 4.90. The quantitative estimate of drug-likeness (QED) is 0.799. The van der Waals surface area contributed by atoms with E-state index in [1.54, 1.807) is 6.07 Å². The maximum Gasteiger partial charge on any atom is 0.234 e. The van der Waals surface area contributed by atoms with E-state index in [-0.39, 0.29) is 30.4 Å². The van der Waals surface area contributed by atoms with E-state index in [2.05, 4.69) is 5.32 Å². The molecule has 0 fully saturated rings. The molecule has 0 aliphatic carbocycles. The van der Waals surface area contributed by atoms with Crippen LogP contribution in [0.5, 0.6) is 0 Å². The molecule has 4 nitrogen and oxygen atoms in total. The first kappa shape index (κ1) is 16.6. The first-order valence-corrected chi connectivity index (χ1v) is 6.93. The molecule has 112 valence electrons. The lowest BCUT2D eigenvalue weighted by Crippen LogP contribution is -2.42. The Labute approximate surface area is 120 Å². The van der Waals surface area contributed by atoms with Gasteiger partial charge in [-0.05, 0) is 38.1 Å². The Bertz CT molecular complexity index is 437. The topological polar surface area (TPSA) is 58.4 Å². The van der Waals surface area contributed by atoms with Crippen LogP contribution in [-0.4, -0.2) is 37.0 Å². The monoisotopic (exact) mass is 281 g/mol. The zero-order chi connectivity index (χ0) is 15.1. The molecule has 2 atom stereocenters. The number of amides is 1. The van der Waals surface area contributed by atoms with Crippen LogP contribution in [0.4, 0.5) is 4.39 Å². The Morgan fingerprint density at radius 1 is 1.50 bits per heavy atom. The number of nitrogens with one attached hydrogen (secondary N) is 1. The van der Waals surface area contributed by atoms with Crippen molar-refractivity contribution in [2.75, 3.05) is 20.1 Å².